The summed E-state index contributed by atoms with van der Waals surface area (Å²) >= 11 is 0. The minimum absolute atomic E-state index is 1.12. The van der Waals surface area contributed by atoms with Crippen molar-refractivity contribution in [2.45, 2.75) is 26.3 Å². The van der Waals surface area contributed by atoms with Gasteiger partial charge in [0.2, 0.25) is 0 Å². The van der Waals surface area contributed by atoms with Crippen LogP contribution in [0.2, 0.25) is 0 Å². The van der Waals surface area contributed by atoms with Crippen LogP contribution in [0.15, 0.2) is 18.2 Å². The minimum Gasteiger partial charge on any atom is -0.385 e. The molecule has 3 rings (SSSR count). The molecule has 1 N–H and O–H groups in total. The van der Waals surface area contributed by atoms with Crippen molar-refractivity contribution in [1.29, 1.82) is 0 Å². The van der Waals surface area contributed by atoms with Gasteiger partial charge in [0.05, 0.1) is 0 Å². The molecule has 2 aliphatic heterocycles. The molecule has 0 aromatic heterocycles. The first-order valence-electron chi connectivity index (χ1n) is 7.65. The summed E-state index contributed by atoms with van der Waals surface area (Å²) in [6.07, 6.45) is 2.51. The van der Waals surface area contributed by atoms with E-state index in [1.807, 2.05) is 0 Å². The number of benzene rings is 1. The SMILES string of the molecule is CCN1CCN(Cc2ccc3c(c2)CCCN3)CC1. The van der Waals surface area contributed by atoms with E-state index in [0.717, 1.165) is 13.1 Å². The van der Waals surface area contributed by atoms with Crippen LogP contribution in [-0.4, -0.2) is 49.1 Å². The Hall–Kier alpha value is -1.06. The van der Waals surface area contributed by atoms with Crippen molar-refractivity contribution in [1.82, 2.24) is 9.80 Å². The molecule has 3 nitrogen and oxygen atoms in total. The van der Waals surface area contributed by atoms with E-state index in [1.165, 1.54) is 62.4 Å². The molecule has 104 valence electrons. The predicted molar refractivity (Wildman–Crippen MR) is 80.6 cm³/mol. The lowest BCUT2D eigenvalue weighted by Crippen LogP contribution is -2.45. The van der Waals surface area contributed by atoms with Crippen LogP contribution in [0, 0.1) is 0 Å². The molecule has 0 spiro atoms. The summed E-state index contributed by atoms with van der Waals surface area (Å²) in [5.74, 6) is 0. The molecule has 0 saturated carbocycles. The number of nitrogens with zero attached hydrogens (tertiary/aromatic N) is 2. The molecule has 2 heterocycles. The van der Waals surface area contributed by atoms with Crippen LogP contribution in [0.4, 0.5) is 5.69 Å². The summed E-state index contributed by atoms with van der Waals surface area (Å²) in [5, 5.41) is 3.49. The minimum atomic E-state index is 1.12. The molecule has 3 heteroatoms. The fourth-order valence-electron chi connectivity index (χ4n) is 3.15. The van der Waals surface area contributed by atoms with Gasteiger partial charge in [-0.3, -0.25) is 4.90 Å². The zero-order valence-electron chi connectivity index (χ0n) is 12.0. The van der Waals surface area contributed by atoms with Crippen LogP contribution in [0.3, 0.4) is 0 Å². The van der Waals surface area contributed by atoms with Gasteiger partial charge in [-0.2, -0.15) is 0 Å². The predicted octanol–water partition coefficient (Wildman–Crippen LogP) is 2.18. The molecule has 0 bridgehead atoms. The van der Waals surface area contributed by atoms with Gasteiger partial charge >= 0.3 is 0 Å². The van der Waals surface area contributed by atoms with Crippen LogP contribution in [-0.2, 0) is 13.0 Å². The largest absolute Gasteiger partial charge is 0.385 e. The average molecular weight is 259 g/mol. The zero-order chi connectivity index (χ0) is 13.1. The third kappa shape index (κ3) is 3.10. The van der Waals surface area contributed by atoms with Gasteiger partial charge in [0.25, 0.3) is 0 Å². The summed E-state index contributed by atoms with van der Waals surface area (Å²) in [6.45, 7) is 10.6. The van der Waals surface area contributed by atoms with E-state index in [2.05, 4.69) is 40.2 Å². The highest BCUT2D eigenvalue weighted by Crippen LogP contribution is 2.23. The lowest BCUT2D eigenvalue weighted by molar-refractivity contribution is 0.132. The third-order valence-corrected chi connectivity index (χ3v) is 4.43. The zero-order valence-corrected chi connectivity index (χ0v) is 12.0. The monoisotopic (exact) mass is 259 g/mol. The molecule has 0 amide bonds. The van der Waals surface area contributed by atoms with Crippen molar-refractivity contribution in [3.05, 3.63) is 29.3 Å². The van der Waals surface area contributed by atoms with E-state index in [-0.39, 0.29) is 0 Å². The number of likely N-dealkylation sites (N-methyl/N-ethyl adjacent to an activating group) is 1. The summed E-state index contributed by atoms with van der Waals surface area (Å²) < 4.78 is 0. The van der Waals surface area contributed by atoms with E-state index >= 15 is 0 Å². The van der Waals surface area contributed by atoms with Gasteiger partial charge in [-0.15, -0.1) is 0 Å². The van der Waals surface area contributed by atoms with Gasteiger partial charge in [-0.1, -0.05) is 19.1 Å². The molecular formula is C16H25N3. The lowest BCUT2D eigenvalue weighted by Gasteiger charge is -2.34. The smallest absolute Gasteiger partial charge is 0.0372 e. The molecule has 2 aliphatic rings. The number of anilines is 1. The molecular weight excluding hydrogens is 234 g/mol. The van der Waals surface area contributed by atoms with Crippen LogP contribution < -0.4 is 5.32 Å². The summed E-state index contributed by atoms with van der Waals surface area (Å²) in [6, 6.07) is 6.98. The average Bonchev–Trinajstić information content (AvgIpc) is 2.48. The first kappa shape index (κ1) is 12.9. The van der Waals surface area contributed by atoms with Crippen LogP contribution >= 0.6 is 0 Å². The molecule has 1 aromatic carbocycles. The Morgan fingerprint density at radius 3 is 2.68 bits per heavy atom. The van der Waals surface area contributed by atoms with Crippen molar-refractivity contribution in [3.8, 4) is 0 Å². The first-order valence-corrected chi connectivity index (χ1v) is 7.65. The molecule has 0 aliphatic carbocycles. The van der Waals surface area contributed by atoms with E-state index in [0.29, 0.717) is 0 Å². The molecule has 1 saturated heterocycles. The van der Waals surface area contributed by atoms with Crippen LogP contribution in [0.25, 0.3) is 0 Å². The highest BCUT2D eigenvalue weighted by atomic mass is 15.3. The molecule has 0 atom stereocenters. The molecule has 1 fully saturated rings. The summed E-state index contributed by atoms with van der Waals surface area (Å²) in [4.78, 5) is 5.12. The fourth-order valence-corrected chi connectivity index (χ4v) is 3.15. The second kappa shape index (κ2) is 5.93. The summed E-state index contributed by atoms with van der Waals surface area (Å²) in [5.41, 5.74) is 4.34. The first-order chi connectivity index (χ1) is 9.35. The highest BCUT2D eigenvalue weighted by molar-refractivity contribution is 5.54. The number of nitrogens with one attached hydrogen (secondary N) is 1. The third-order valence-electron chi connectivity index (χ3n) is 4.43. The summed E-state index contributed by atoms with van der Waals surface area (Å²) in [7, 11) is 0. The topological polar surface area (TPSA) is 18.5 Å². The van der Waals surface area contributed by atoms with Crippen LogP contribution in [0.5, 0.6) is 0 Å². The van der Waals surface area contributed by atoms with Gasteiger partial charge in [0, 0.05) is 45.0 Å². The molecule has 0 radical (unpaired) electrons. The van der Waals surface area contributed by atoms with Crippen LogP contribution in [0.1, 0.15) is 24.5 Å². The molecule has 0 unspecified atom stereocenters. The standard InChI is InChI=1S/C16H25N3/c1-2-18-8-10-19(11-9-18)13-14-5-6-16-15(12-14)4-3-7-17-16/h5-6,12,17H,2-4,7-11,13H2,1H3. The number of aryl methyl sites for hydroxylation is 1. The van der Waals surface area contributed by atoms with E-state index in [4.69, 9.17) is 0 Å². The van der Waals surface area contributed by atoms with Crippen molar-refractivity contribution >= 4 is 5.69 Å². The second-order valence-electron chi connectivity index (χ2n) is 5.73. The fraction of sp³-hybridized carbons (Fsp3) is 0.625. The number of fused-ring (bicyclic) bond motifs is 1. The number of rotatable bonds is 3. The van der Waals surface area contributed by atoms with E-state index in [1.54, 1.807) is 0 Å². The van der Waals surface area contributed by atoms with Crippen molar-refractivity contribution < 1.29 is 0 Å². The van der Waals surface area contributed by atoms with Gasteiger partial charge in [-0.05, 0) is 36.6 Å². The number of piperazine rings is 1. The molecule has 1 aromatic rings. The normalized spacial score (nSPS) is 20.9. The Kier molecular flexibility index (Phi) is 4.04. The Morgan fingerprint density at radius 2 is 1.89 bits per heavy atom. The maximum absolute atomic E-state index is 3.49. The lowest BCUT2D eigenvalue weighted by atomic mass is 10.0. The maximum Gasteiger partial charge on any atom is 0.0372 e. The van der Waals surface area contributed by atoms with Gasteiger partial charge in [0.15, 0.2) is 0 Å². The quantitative estimate of drug-likeness (QED) is 0.897. The van der Waals surface area contributed by atoms with Gasteiger partial charge in [-0.25, -0.2) is 0 Å². The maximum atomic E-state index is 3.49. The molecule has 19 heavy (non-hydrogen) atoms. The van der Waals surface area contributed by atoms with Crippen molar-refractivity contribution in [2.75, 3.05) is 44.6 Å². The number of hydrogen-bond acceptors (Lipinski definition) is 3. The number of hydrogen-bond donors (Lipinski definition) is 1. The van der Waals surface area contributed by atoms with Crippen molar-refractivity contribution in [2.24, 2.45) is 0 Å². The Balaban J connectivity index is 1.61. The van der Waals surface area contributed by atoms with E-state index in [9.17, 15) is 0 Å². The van der Waals surface area contributed by atoms with Gasteiger partial charge < -0.3 is 10.2 Å². The Labute approximate surface area is 116 Å². The van der Waals surface area contributed by atoms with E-state index < -0.39 is 0 Å². The van der Waals surface area contributed by atoms with Crippen molar-refractivity contribution in [3.63, 3.8) is 0 Å². The van der Waals surface area contributed by atoms with Gasteiger partial charge in [0.1, 0.15) is 0 Å². The Morgan fingerprint density at radius 1 is 1.11 bits per heavy atom. The second-order valence-corrected chi connectivity index (χ2v) is 5.73. The highest BCUT2D eigenvalue weighted by Gasteiger charge is 2.16. The Bertz CT molecular complexity index is 422.